The average molecular weight is 254 g/mol. The van der Waals surface area contributed by atoms with Crippen molar-refractivity contribution in [3.8, 4) is 0 Å². The summed E-state index contributed by atoms with van der Waals surface area (Å²) >= 11 is 0. The maximum absolute atomic E-state index is 12.9. The van der Waals surface area contributed by atoms with Crippen molar-refractivity contribution < 1.29 is 18.7 Å². The molecule has 0 radical (unpaired) electrons. The summed E-state index contributed by atoms with van der Waals surface area (Å²) < 4.78 is 17.4. The highest BCUT2D eigenvalue weighted by Crippen LogP contribution is 2.06. The summed E-state index contributed by atoms with van der Waals surface area (Å²) in [4.78, 5) is 28.0. The highest BCUT2D eigenvalue weighted by molar-refractivity contribution is 5.95. The maximum atomic E-state index is 12.9. The van der Waals surface area contributed by atoms with Gasteiger partial charge in [0.1, 0.15) is 6.54 Å². The number of rotatable bonds is 5. The second-order valence-electron chi connectivity index (χ2n) is 3.67. The number of nitrogens with zero attached hydrogens (tertiary/aromatic N) is 2. The number of carbonyl (C=O) groups excluding carboxylic acids is 2. The Morgan fingerprint density at radius 3 is 2.78 bits per heavy atom. The molecule has 0 saturated carbocycles. The normalized spacial score (nSPS) is 9.94. The zero-order valence-electron chi connectivity index (χ0n) is 10.4. The van der Waals surface area contributed by atoms with Gasteiger partial charge in [-0.15, -0.1) is 0 Å². The first-order valence-corrected chi connectivity index (χ1v) is 5.56. The molecule has 0 saturated heterocycles. The molecule has 0 spiro atoms. The lowest BCUT2D eigenvalue weighted by atomic mass is 10.2. The van der Waals surface area contributed by atoms with Crippen LogP contribution in [0.25, 0.3) is 0 Å². The van der Waals surface area contributed by atoms with Crippen molar-refractivity contribution in [2.45, 2.75) is 13.3 Å². The number of methoxy groups -OCH3 is 1. The average Bonchev–Trinajstić information content (AvgIpc) is 2.37. The molecular weight excluding hydrogens is 239 g/mol. The Kier molecular flexibility index (Phi) is 5.23. The van der Waals surface area contributed by atoms with E-state index in [0.29, 0.717) is 13.0 Å². The van der Waals surface area contributed by atoms with Gasteiger partial charge in [0.15, 0.2) is 0 Å². The van der Waals surface area contributed by atoms with E-state index in [-0.39, 0.29) is 12.1 Å². The second kappa shape index (κ2) is 6.68. The van der Waals surface area contributed by atoms with Gasteiger partial charge in [-0.05, 0) is 12.5 Å². The van der Waals surface area contributed by atoms with Gasteiger partial charge in [0.25, 0.3) is 5.91 Å². The third-order valence-corrected chi connectivity index (χ3v) is 2.30. The van der Waals surface area contributed by atoms with Crippen LogP contribution in [0.5, 0.6) is 0 Å². The molecule has 0 aliphatic rings. The van der Waals surface area contributed by atoms with Gasteiger partial charge < -0.3 is 9.64 Å². The lowest BCUT2D eigenvalue weighted by Crippen LogP contribution is -2.36. The predicted octanol–water partition coefficient (Wildman–Crippen LogP) is 1.25. The van der Waals surface area contributed by atoms with Gasteiger partial charge in [0.05, 0.1) is 7.11 Å². The molecule has 0 atom stereocenters. The van der Waals surface area contributed by atoms with Crippen LogP contribution in [0.2, 0.25) is 0 Å². The molecule has 1 aromatic heterocycles. The molecule has 1 amide bonds. The quantitative estimate of drug-likeness (QED) is 0.586. The fraction of sp³-hybridized carbons (Fsp3) is 0.417. The third kappa shape index (κ3) is 3.80. The Bertz CT molecular complexity index is 437. The van der Waals surface area contributed by atoms with Crippen molar-refractivity contribution in [1.82, 2.24) is 9.88 Å². The molecule has 1 aromatic rings. The van der Waals surface area contributed by atoms with E-state index in [1.807, 2.05) is 6.92 Å². The van der Waals surface area contributed by atoms with Crippen LogP contribution in [-0.2, 0) is 9.53 Å². The Hall–Kier alpha value is -1.98. The molecular formula is C12H15FN2O3. The summed E-state index contributed by atoms with van der Waals surface area (Å²) in [7, 11) is 1.25. The molecule has 5 nitrogen and oxygen atoms in total. The summed E-state index contributed by atoms with van der Waals surface area (Å²) in [5.41, 5.74) is 0.167. The summed E-state index contributed by atoms with van der Waals surface area (Å²) in [5.74, 6) is -1.65. The Labute approximate surface area is 105 Å². The van der Waals surface area contributed by atoms with Crippen molar-refractivity contribution >= 4 is 11.9 Å². The summed E-state index contributed by atoms with van der Waals surface area (Å²) in [5, 5.41) is 0. The minimum atomic E-state index is -0.727. The van der Waals surface area contributed by atoms with Gasteiger partial charge in [0.2, 0.25) is 5.95 Å². The van der Waals surface area contributed by atoms with E-state index in [4.69, 9.17) is 0 Å². The predicted molar refractivity (Wildman–Crippen MR) is 62.4 cm³/mol. The van der Waals surface area contributed by atoms with Crippen molar-refractivity contribution in [3.05, 3.63) is 29.8 Å². The molecule has 1 heterocycles. The Morgan fingerprint density at radius 2 is 2.22 bits per heavy atom. The van der Waals surface area contributed by atoms with Crippen LogP contribution in [0, 0.1) is 5.95 Å². The van der Waals surface area contributed by atoms with E-state index in [1.54, 1.807) is 0 Å². The number of hydrogen-bond acceptors (Lipinski definition) is 4. The summed E-state index contributed by atoms with van der Waals surface area (Å²) in [6, 6.07) is 2.45. The zero-order chi connectivity index (χ0) is 13.5. The number of hydrogen-bond donors (Lipinski definition) is 0. The van der Waals surface area contributed by atoms with Gasteiger partial charge in [-0.25, -0.2) is 4.98 Å². The van der Waals surface area contributed by atoms with Crippen LogP contribution >= 0.6 is 0 Å². The van der Waals surface area contributed by atoms with E-state index in [9.17, 15) is 14.0 Å². The molecule has 18 heavy (non-hydrogen) atoms. The van der Waals surface area contributed by atoms with Crippen molar-refractivity contribution in [1.29, 1.82) is 0 Å². The molecule has 0 aliphatic carbocycles. The fourth-order valence-electron chi connectivity index (χ4n) is 1.46. The van der Waals surface area contributed by atoms with Gasteiger partial charge >= 0.3 is 5.97 Å². The van der Waals surface area contributed by atoms with Crippen LogP contribution in [0.15, 0.2) is 18.3 Å². The topological polar surface area (TPSA) is 59.5 Å². The highest BCUT2D eigenvalue weighted by Gasteiger charge is 2.18. The number of ether oxygens (including phenoxy) is 1. The van der Waals surface area contributed by atoms with Gasteiger partial charge in [-0.3, -0.25) is 9.59 Å². The number of esters is 1. The SMILES string of the molecule is CCCN(CC(=O)OC)C(=O)c1ccnc(F)c1. The van der Waals surface area contributed by atoms with Crippen LogP contribution in [0.4, 0.5) is 4.39 Å². The minimum Gasteiger partial charge on any atom is -0.468 e. The molecule has 6 heteroatoms. The summed E-state index contributed by atoms with van der Waals surface area (Å²) in [6.07, 6.45) is 1.90. The smallest absolute Gasteiger partial charge is 0.325 e. The molecule has 0 aliphatic heterocycles. The largest absolute Gasteiger partial charge is 0.468 e. The van der Waals surface area contributed by atoms with Crippen molar-refractivity contribution in [2.75, 3.05) is 20.2 Å². The van der Waals surface area contributed by atoms with Gasteiger partial charge in [-0.2, -0.15) is 4.39 Å². The molecule has 0 bridgehead atoms. The Balaban J connectivity index is 2.85. The molecule has 98 valence electrons. The lowest BCUT2D eigenvalue weighted by Gasteiger charge is -2.20. The summed E-state index contributed by atoms with van der Waals surface area (Å²) in [6.45, 7) is 2.13. The highest BCUT2D eigenvalue weighted by atomic mass is 19.1. The van der Waals surface area contributed by atoms with E-state index < -0.39 is 17.8 Å². The van der Waals surface area contributed by atoms with Gasteiger partial charge in [-0.1, -0.05) is 6.92 Å². The van der Waals surface area contributed by atoms with E-state index >= 15 is 0 Å². The molecule has 0 fully saturated rings. The zero-order valence-corrected chi connectivity index (χ0v) is 10.4. The first-order valence-electron chi connectivity index (χ1n) is 5.56. The number of pyridine rings is 1. The second-order valence-corrected chi connectivity index (χ2v) is 3.67. The standard InChI is InChI=1S/C12H15FN2O3/c1-3-6-15(8-11(16)18-2)12(17)9-4-5-14-10(13)7-9/h4-5,7H,3,6,8H2,1-2H3. The third-order valence-electron chi connectivity index (χ3n) is 2.30. The number of carbonyl (C=O) groups is 2. The van der Waals surface area contributed by atoms with Crippen LogP contribution in [0.3, 0.4) is 0 Å². The fourth-order valence-corrected chi connectivity index (χ4v) is 1.46. The number of aromatic nitrogens is 1. The lowest BCUT2D eigenvalue weighted by molar-refractivity contribution is -0.141. The monoisotopic (exact) mass is 254 g/mol. The molecule has 0 N–H and O–H groups in total. The molecule has 0 aromatic carbocycles. The number of amides is 1. The minimum absolute atomic E-state index is 0.146. The Morgan fingerprint density at radius 1 is 1.50 bits per heavy atom. The van der Waals surface area contributed by atoms with Crippen LogP contribution in [-0.4, -0.2) is 42.0 Å². The van der Waals surface area contributed by atoms with E-state index in [0.717, 1.165) is 6.07 Å². The maximum Gasteiger partial charge on any atom is 0.325 e. The first kappa shape index (κ1) is 14.1. The van der Waals surface area contributed by atoms with Crippen LogP contribution in [0.1, 0.15) is 23.7 Å². The van der Waals surface area contributed by atoms with Crippen molar-refractivity contribution in [2.24, 2.45) is 0 Å². The van der Waals surface area contributed by atoms with Crippen LogP contribution < -0.4 is 0 Å². The first-order chi connectivity index (χ1) is 8.58. The van der Waals surface area contributed by atoms with Gasteiger partial charge in [0, 0.05) is 24.4 Å². The number of halogens is 1. The van der Waals surface area contributed by atoms with E-state index in [2.05, 4.69) is 9.72 Å². The molecule has 0 unspecified atom stereocenters. The molecule has 1 rings (SSSR count). The van der Waals surface area contributed by atoms with Crippen molar-refractivity contribution in [3.63, 3.8) is 0 Å². The van der Waals surface area contributed by atoms with E-state index in [1.165, 1.54) is 24.3 Å².